The number of hydrogen-bond donors (Lipinski definition) is 3. The van der Waals surface area contributed by atoms with Gasteiger partial charge in [0, 0.05) is 6.42 Å². The number of aliphatic hydroxyl groups is 2. The summed E-state index contributed by atoms with van der Waals surface area (Å²) in [4.78, 5) is 0. The molecule has 0 amide bonds. The molecule has 0 saturated heterocycles. The molecule has 0 saturated carbocycles. The largest absolute Gasteiger partial charge is 0.493 e. The van der Waals surface area contributed by atoms with Crippen molar-refractivity contribution in [1.82, 2.24) is 5.32 Å². The molecule has 1 aromatic rings. The zero-order valence-corrected chi connectivity index (χ0v) is 11.5. The van der Waals surface area contributed by atoms with Gasteiger partial charge in [0.1, 0.15) is 5.75 Å². The van der Waals surface area contributed by atoms with E-state index in [2.05, 4.69) is 17.4 Å². The van der Waals surface area contributed by atoms with E-state index in [9.17, 15) is 10.2 Å². The number of nitrogens with one attached hydrogen (secondary N) is 1. The van der Waals surface area contributed by atoms with E-state index in [1.165, 1.54) is 11.1 Å². The Hall–Kier alpha value is -1.10. The van der Waals surface area contributed by atoms with Gasteiger partial charge in [0.05, 0.1) is 25.4 Å². The molecule has 4 nitrogen and oxygen atoms in total. The Balaban J connectivity index is 1.89. The van der Waals surface area contributed by atoms with E-state index in [0.29, 0.717) is 6.42 Å². The van der Waals surface area contributed by atoms with Crippen LogP contribution in [0.25, 0.3) is 0 Å². The summed E-state index contributed by atoms with van der Waals surface area (Å²) in [6.45, 7) is 3.40. The molecule has 0 spiro atoms. The lowest BCUT2D eigenvalue weighted by Gasteiger charge is -2.29. The molecule has 1 aliphatic heterocycles. The van der Waals surface area contributed by atoms with E-state index in [-0.39, 0.29) is 13.2 Å². The Morgan fingerprint density at radius 2 is 2.11 bits per heavy atom. The third-order valence-corrected chi connectivity index (χ3v) is 3.95. The summed E-state index contributed by atoms with van der Waals surface area (Å²) < 4.78 is 5.48. The van der Waals surface area contributed by atoms with Gasteiger partial charge in [0.2, 0.25) is 0 Å². The van der Waals surface area contributed by atoms with Crippen molar-refractivity contribution in [2.45, 2.75) is 31.7 Å². The third-order valence-electron chi connectivity index (χ3n) is 3.95. The highest BCUT2D eigenvalue weighted by Gasteiger charge is 2.25. The Kier molecular flexibility index (Phi) is 4.80. The molecule has 4 heteroatoms. The van der Waals surface area contributed by atoms with E-state index in [0.717, 1.165) is 31.7 Å². The minimum Gasteiger partial charge on any atom is -0.493 e. The quantitative estimate of drug-likeness (QED) is 0.685. The molecule has 0 atom stereocenters. The molecule has 0 aliphatic carbocycles. The van der Waals surface area contributed by atoms with Gasteiger partial charge in [-0.15, -0.1) is 0 Å². The van der Waals surface area contributed by atoms with E-state index in [4.69, 9.17) is 4.74 Å². The van der Waals surface area contributed by atoms with Crippen LogP contribution in [0.15, 0.2) is 18.2 Å². The minimum atomic E-state index is -0.556. The Morgan fingerprint density at radius 1 is 1.32 bits per heavy atom. The first-order valence-electron chi connectivity index (χ1n) is 6.94. The fourth-order valence-electron chi connectivity index (χ4n) is 2.38. The number of rotatable bonds is 7. The molecule has 1 heterocycles. The van der Waals surface area contributed by atoms with Crippen molar-refractivity contribution in [3.05, 3.63) is 29.3 Å². The van der Waals surface area contributed by atoms with Gasteiger partial charge < -0.3 is 20.3 Å². The second-order valence-electron chi connectivity index (χ2n) is 5.17. The minimum absolute atomic E-state index is 0.0436. The standard InChI is InChI=1S/C15H23NO3/c1-2-15(10-17,11-18)16-7-5-12-3-4-14-13(9-12)6-8-19-14/h3-4,9,16-18H,2,5-8,10-11H2,1H3. The topological polar surface area (TPSA) is 61.7 Å². The molecule has 0 bridgehead atoms. The molecule has 1 aliphatic rings. The summed E-state index contributed by atoms with van der Waals surface area (Å²) in [5, 5.41) is 22.0. The van der Waals surface area contributed by atoms with Gasteiger partial charge in [-0.25, -0.2) is 0 Å². The van der Waals surface area contributed by atoms with Crippen LogP contribution in [-0.2, 0) is 12.8 Å². The fraction of sp³-hybridized carbons (Fsp3) is 0.600. The van der Waals surface area contributed by atoms with Crippen LogP contribution < -0.4 is 10.1 Å². The highest BCUT2D eigenvalue weighted by molar-refractivity contribution is 5.39. The molecular formula is C15H23NO3. The lowest BCUT2D eigenvalue weighted by atomic mass is 9.98. The van der Waals surface area contributed by atoms with E-state index in [1.54, 1.807) is 0 Å². The zero-order valence-electron chi connectivity index (χ0n) is 11.5. The Morgan fingerprint density at radius 3 is 2.79 bits per heavy atom. The van der Waals surface area contributed by atoms with Crippen molar-refractivity contribution in [3.63, 3.8) is 0 Å². The molecule has 19 heavy (non-hydrogen) atoms. The summed E-state index contributed by atoms with van der Waals surface area (Å²) >= 11 is 0. The second kappa shape index (κ2) is 6.37. The molecule has 0 radical (unpaired) electrons. The molecule has 2 rings (SSSR count). The lowest BCUT2D eigenvalue weighted by Crippen LogP contribution is -2.51. The first-order valence-corrected chi connectivity index (χ1v) is 6.94. The van der Waals surface area contributed by atoms with Gasteiger partial charge in [-0.05, 0) is 36.6 Å². The van der Waals surface area contributed by atoms with Crippen LogP contribution in [0.4, 0.5) is 0 Å². The third kappa shape index (κ3) is 3.26. The first kappa shape index (κ1) is 14.3. The molecular weight excluding hydrogens is 242 g/mol. The highest BCUT2D eigenvalue weighted by Crippen LogP contribution is 2.25. The predicted molar refractivity (Wildman–Crippen MR) is 74.5 cm³/mol. The number of benzene rings is 1. The van der Waals surface area contributed by atoms with Crippen molar-refractivity contribution >= 4 is 0 Å². The first-order chi connectivity index (χ1) is 9.23. The van der Waals surface area contributed by atoms with Gasteiger partial charge in [0.15, 0.2) is 0 Å². The van der Waals surface area contributed by atoms with E-state index in [1.807, 2.05) is 13.0 Å². The van der Waals surface area contributed by atoms with E-state index >= 15 is 0 Å². The van der Waals surface area contributed by atoms with Crippen LogP contribution >= 0.6 is 0 Å². The van der Waals surface area contributed by atoms with Gasteiger partial charge in [-0.2, -0.15) is 0 Å². The maximum absolute atomic E-state index is 9.36. The van der Waals surface area contributed by atoms with Crippen molar-refractivity contribution in [2.75, 3.05) is 26.4 Å². The van der Waals surface area contributed by atoms with Gasteiger partial charge >= 0.3 is 0 Å². The smallest absolute Gasteiger partial charge is 0.122 e. The number of hydrogen-bond acceptors (Lipinski definition) is 4. The summed E-state index contributed by atoms with van der Waals surface area (Å²) in [5.41, 5.74) is 1.99. The fourth-order valence-corrected chi connectivity index (χ4v) is 2.38. The summed E-state index contributed by atoms with van der Waals surface area (Å²) in [5.74, 6) is 1.00. The van der Waals surface area contributed by atoms with Crippen LogP contribution in [0.2, 0.25) is 0 Å². The average Bonchev–Trinajstić information content (AvgIpc) is 2.92. The number of fused-ring (bicyclic) bond motifs is 1. The zero-order chi connectivity index (χ0) is 13.7. The second-order valence-corrected chi connectivity index (χ2v) is 5.17. The Labute approximate surface area is 114 Å². The summed E-state index contributed by atoms with van der Waals surface area (Å²) in [7, 11) is 0. The van der Waals surface area contributed by atoms with Crippen LogP contribution in [0.3, 0.4) is 0 Å². The highest BCUT2D eigenvalue weighted by atomic mass is 16.5. The number of ether oxygens (including phenoxy) is 1. The van der Waals surface area contributed by atoms with Gasteiger partial charge in [0.25, 0.3) is 0 Å². The summed E-state index contributed by atoms with van der Waals surface area (Å²) in [6.07, 6.45) is 2.58. The molecule has 0 fully saturated rings. The molecule has 3 N–H and O–H groups in total. The maximum Gasteiger partial charge on any atom is 0.122 e. The van der Waals surface area contributed by atoms with Crippen molar-refractivity contribution in [1.29, 1.82) is 0 Å². The van der Waals surface area contributed by atoms with Gasteiger partial charge in [-0.3, -0.25) is 0 Å². The van der Waals surface area contributed by atoms with Crippen molar-refractivity contribution in [3.8, 4) is 5.75 Å². The van der Waals surface area contributed by atoms with E-state index < -0.39 is 5.54 Å². The number of aliphatic hydroxyl groups excluding tert-OH is 2. The molecule has 0 unspecified atom stereocenters. The van der Waals surface area contributed by atoms with Crippen LogP contribution in [0.5, 0.6) is 5.75 Å². The van der Waals surface area contributed by atoms with Crippen LogP contribution in [-0.4, -0.2) is 42.1 Å². The van der Waals surface area contributed by atoms with Crippen molar-refractivity contribution < 1.29 is 14.9 Å². The average molecular weight is 265 g/mol. The molecule has 1 aromatic carbocycles. The molecule has 0 aromatic heterocycles. The van der Waals surface area contributed by atoms with Crippen LogP contribution in [0.1, 0.15) is 24.5 Å². The molecule has 106 valence electrons. The summed E-state index contributed by atoms with van der Waals surface area (Å²) in [6, 6.07) is 6.30. The maximum atomic E-state index is 9.36. The van der Waals surface area contributed by atoms with Crippen molar-refractivity contribution in [2.24, 2.45) is 0 Å². The van der Waals surface area contributed by atoms with Gasteiger partial charge in [-0.1, -0.05) is 19.1 Å². The lowest BCUT2D eigenvalue weighted by molar-refractivity contribution is 0.0883. The Bertz CT molecular complexity index is 408. The predicted octanol–water partition coefficient (Wildman–Crippen LogP) is 0.887. The normalized spacial score (nSPS) is 14.3. The monoisotopic (exact) mass is 265 g/mol. The SMILES string of the molecule is CCC(CO)(CO)NCCc1ccc2c(c1)CCO2. The van der Waals surface area contributed by atoms with Crippen LogP contribution in [0, 0.1) is 0 Å².